The Morgan fingerprint density at radius 2 is 1.65 bits per heavy atom. The van der Waals surface area contributed by atoms with Gasteiger partial charge in [-0.2, -0.15) is 0 Å². The molecule has 138 valence electrons. The molecule has 0 bridgehead atoms. The van der Waals surface area contributed by atoms with Crippen molar-refractivity contribution in [3.63, 3.8) is 0 Å². The van der Waals surface area contributed by atoms with Gasteiger partial charge in [-0.25, -0.2) is 0 Å². The summed E-state index contributed by atoms with van der Waals surface area (Å²) in [4.78, 5) is 12.2. The molecule has 0 aliphatic carbocycles. The van der Waals surface area contributed by atoms with E-state index in [0.29, 0.717) is 24.9 Å². The van der Waals surface area contributed by atoms with Gasteiger partial charge in [0.2, 0.25) is 0 Å². The number of rotatable bonds is 6. The number of carbonyl (C=O) groups is 1. The fourth-order valence-corrected chi connectivity index (χ4v) is 2.79. The molecule has 0 fully saturated rings. The molecule has 0 spiro atoms. The fraction of sp³-hybridized carbons (Fsp3) is 0.381. The lowest BCUT2D eigenvalue weighted by Gasteiger charge is -2.21. The first kappa shape index (κ1) is 18.1. The normalized spacial score (nSPS) is 14.0. The summed E-state index contributed by atoms with van der Waals surface area (Å²) in [5, 5.41) is 2.94. The Morgan fingerprint density at radius 1 is 1.00 bits per heavy atom. The molecule has 0 saturated heterocycles. The average molecular weight is 355 g/mol. The van der Waals surface area contributed by atoms with Crippen LogP contribution in [0.4, 0.5) is 0 Å². The third-order valence-electron chi connectivity index (χ3n) is 4.36. The second kappa shape index (κ2) is 8.13. The molecule has 0 radical (unpaired) electrons. The standard InChI is InChI=1S/C21H25NO4/c1-14(2)16-4-7-18(8-5-16)26-13-21(23)22-15(3)17-6-9-19-20(12-17)25-11-10-24-19/h4-9,12,14-15H,10-11,13H2,1-3H3,(H,22,23)/t15-/m0/s1. The van der Waals surface area contributed by atoms with E-state index in [4.69, 9.17) is 14.2 Å². The highest BCUT2D eigenvalue weighted by Crippen LogP contribution is 2.32. The minimum atomic E-state index is -0.166. The van der Waals surface area contributed by atoms with Crippen molar-refractivity contribution in [3.8, 4) is 17.2 Å². The third kappa shape index (κ3) is 4.48. The number of hydrogen-bond acceptors (Lipinski definition) is 4. The van der Waals surface area contributed by atoms with Crippen molar-refractivity contribution in [2.45, 2.75) is 32.7 Å². The smallest absolute Gasteiger partial charge is 0.258 e. The van der Waals surface area contributed by atoms with Gasteiger partial charge in [0.25, 0.3) is 5.91 Å². The van der Waals surface area contributed by atoms with Crippen LogP contribution in [0.5, 0.6) is 17.2 Å². The minimum absolute atomic E-state index is 0.0179. The van der Waals surface area contributed by atoms with E-state index in [2.05, 4.69) is 19.2 Å². The molecule has 0 saturated carbocycles. The number of amides is 1. The molecular weight excluding hydrogens is 330 g/mol. The van der Waals surface area contributed by atoms with Crippen molar-refractivity contribution in [3.05, 3.63) is 53.6 Å². The Kier molecular flexibility index (Phi) is 5.66. The van der Waals surface area contributed by atoms with Crippen molar-refractivity contribution in [2.24, 2.45) is 0 Å². The first-order valence-electron chi connectivity index (χ1n) is 8.94. The fourth-order valence-electron chi connectivity index (χ4n) is 2.79. The van der Waals surface area contributed by atoms with Crippen molar-refractivity contribution >= 4 is 5.91 Å². The number of nitrogens with one attached hydrogen (secondary N) is 1. The summed E-state index contributed by atoms with van der Waals surface area (Å²) in [6.45, 7) is 7.30. The molecule has 1 N–H and O–H groups in total. The van der Waals surface area contributed by atoms with Gasteiger partial charge in [0.15, 0.2) is 18.1 Å². The summed E-state index contributed by atoms with van der Waals surface area (Å²) in [6, 6.07) is 13.4. The maximum atomic E-state index is 12.2. The van der Waals surface area contributed by atoms with Gasteiger partial charge in [-0.3, -0.25) is 4.79 Å². The quantitative estimate of drug-likeness (QED) is 0.855. The predicted octanol–water partition coefficient (Wildman–Crippen LogP) is 3.84. The molecule has 1 amide bonds. The molecule has 5 nitrogen and oxygen atoms in total. The van der Waals surface area contributed by atoms with Crippen LogP contribution in [-0.2, 0) is 4.79 Å². The molecular formula is C21H25NO4. The maximum Gasteiger partial charge on any atom is 0.258 e. The zero-order valence-electron chi connectivity index (χ0n) is 15.5. The Labute approximate surface area is 154 Å². The van der Waals surface area contributed by atoms with E-state index in [1.165, 1.54) is 5.56 Å². The number of benzene rings is 2. The van der Waals surface area contributed by atoms with E-state index in [1.54, 1.807) is 0 Å². The highest BCUT2D eigenvalue weighted by molar-refractivity contribution is 5.78. The van der Waals surface area contributed by atoms with E-state index in [9.17, 15) is 4.79 Å². The molecule has 26 heavy (non-hydrogen) atoms. The lowest BCUT2D eigenvalue weighted by atomic mass is 10.0. The summed E-state index contributed by atoms with van der Waals surface area (Å²) < 4.78 is 16.7. The lowest BCUT2D eigenvalue weighted by Crippen LogP contribution is -2.31. The first-order chi connectivity index (χ1) is 12.5. The van der Waals surface area contributed by atoms with Gasteiger partial charge >= 0.3 is 0 Å². The van der Waals surface area contributed by atoms with Gasteiger partial charge in [-0.1, -0.05) is 32.0 Å². The van der Waals surface area contributed by atoms with Crippen molar-refractivity contribution in [1.82, 2.24) is 5.32 Å². The molecule has 1 atom stereocenters. The number of hydrogen-bond donors (Lipinski definition) is 1. The summed E-state index contributed by atoms with van der Waals surface area (Å²) >= 11 is 0. The van der Waals surface area contributed by atoms with E-state index >= 15 is 0 Å². The largest absolute Gasteiger partial charge is 0.486 e. The summed E-state index contributed by atoms with van der Waals surface area (Å²) in [6.07, 6.45) is 0. The second-order valence-electron chi connectivity index (χ2n) is 6.70. The highest BCUT2D eigenvalue weighted by atomic mass is 16.6. The van der Waals surface area contributed by atoms with Crippen LogP contribution in [-0.4, -0.2) is 25.7 Å². The third-order valence-corrected chi connectivity index (χ3v) is 4.36. The van der Waals surface area contributed by atoms with Crippen LogP contribution in [0.3, 0.4) is 0 Å². The Bertz CT molecular complexity index is 755. The van der Waals surface area contributed by atoms with Crippen LogP contribution < -0.4 is 19.5 Å². The van der Waals surface area contributed by atoms with Crippen LogP contribution >= 0.6 is 0 Å². The zero-order chi connectivity index (χ0) is 18.5. The van der Waals surface area contributed by atoms with Gasteiger partial charge in [-0.15, -0.1) is 0 Å². The molecule has 0 aromatic heterocycles. The Balaban J connectivity index is 1.52. The van der Waals surface area contributed by atoms with Gasteiger partial charge < -0.3 is 19.5 Å². The molecule has 1 heterocycles. The van der Waals surface area contributed by atoms with Crippen LogP contribution in [0.1, 0.15) is 43.9 Å². The molecule has 5 heteroatoms. The van der Waals surface area contributed by atoms with Crippen LogP contribution in [0.2, 0.25) is 0 Å². The maximum absolute atomic E-state index is 12.2. The highest BCUT2D eigenvalue weighted by Gasteiger charge is 2.16. The number of carbonyl (C=O) groups excluding carboxylic acids is 1. The average Bonchev–Trinajstić information content (AvgIpc) is 2.66. The topological polar surface area (TPSA) is 56.8 Å². The lowest BCUT2D eigenvalue weighted by molar-refractivity contribution is -0.123. The summed E-state index contributed by atoms with van der Waals surface area (Å²) in [5.41, 5.74) is 2.21. The van der Waals surface area contributed by atoms with Gasteiger partial charge in [0.1, 0.15) is 19.0 Å². The SMILES string of the molecule is CC(C)c1ccc(OCC(=O)N[C@@H](C)c2ccc3c(c2)OCCO3)cc1. The van der Waals surface area contributed by atoms with E-state index in [-0.39, 0.29) is 18.6 Å². The molecule has 2 aromatic carbocycles. The molecule has 1 aliphatic heterocycles. The van der Waals surface area contributed by atoms with Crippen LogP contribution in [0.15, 0.2) is 42.5 Å². The van der Waals surface area contributed by atoms with E-state index < -0.39 is 0 Å². The van der Waals surface area contributed by atoms with Gasteiger partial charge in [0.05, 0.1) is 6.04 Å². The molecule has 0 unspecified atom stereocenters. The monoisotopic (exact) mass is 355 g/mol. The van der Waals surface area contributed by atoms with Crippen molar-refractivity contribution < 1.29 is 19.0 Å². The molecule has 3 rings (SSSR count). The Morgan fingerprint density at radius 3 is 2.35 bits per heavy atom. The van der Waals surface area contributed by atoms with E-state index in [1.807, 2.05) is 49.4 Å². The number of ether oxygens (including phenoxy) is 3. The van der Waals surface area contributed by atoms with Gasteiger partial charge in [-0.05, 0) is 48.2 Å². The zero-order valence-corrected chi connectivity index (χ0v) is 15.5. The van der Waals surface area contributed by atoms with E-state index in [0.717, 1.165) is 17.1 Å². The van der Waals surface area contributed by atoms with Crippen LogP contribution in [0, 0.1) is 0 Å². The first-order valence-corrected chi connectivity index (χ1v) is 8.94. The number of fused-ring (bicyclic) bond motifs is 1. The van der Waals surface area contributed by atoms with Crippen LogP contribution in [0.25, 0.3) is 0 Å². The summed E-state index contributed by atoms with van der Waals surface area (Å²) in [5.74, 6) is 2.46. The minimum Gasteiger partial charge on any atom is -0.486 e. The van der Waals surface area contributed by atoms with Crippen molar-refractivity contribution in [1.29, 1.82) is 0 Å². The predicted molar refractivity (Wildman–Crippen MR) is 100 cm³/mol. The Hall–Kier alpha value is -2.69. The molecule has 2 aromatic rings. The molecule has 1 aliphatic rings. The van der Waals surface area contributed by atoms with Gasteiger partial charge in [0, 0.05) is 0 Å². The second-order valence-corrected chi connectivity index (χ2v) is 6.70. The summed E-state index contributed by atoms with van der Waals surface area (Å²) in [7, 11) is 0. The van der Waals surface area contributed by atoms with Crippen molar-refractivity contribution in [2.75, 3.05) is 19.8 Å².